The normalized spacial score (nSPS) is 13.1. The molecule has 0 saturated carbocycles. The molecule has 1 heterocycles. The summed E-state index contributed by atoms with van der Waals surface area (Å²) in [7, 11) is 1.78. The third-order valence-corrected chi connectivity index (χ3v) is 2.89. The number of hydrogen-bond acceptors (Lipinski definition) is 2. The van der Waals surface area contributed by atoms with Gasteiger partial charge in [0, 0.05) is 19.8 Å². The van der Waals surface area contributed by atoms with Gasteiger partial charge in [-0.25, -0.2) is 0 Å². The maximum absolute atomic E-state index is 11.9. The number of hydrogen-bond donors (Lipinski definition) is 2. The molecule has 1 atom stereocenters. The van der Waals surface area contributed by atoms with E-state index in [-0.39, 0.29) is 17.9 Å². The Kier molecular flexibility index (Phi) is 4.75. The van der Waals surface area contributed by atoms with Crippen LogP contribution >= 0.6 is 0 Å². The van der Waals surface area contributed by atoms with Crippen molar-refractivity contribution in [2.45, 2.75) is 27.2 Å². The van der Waals surface area contributed by atoms with Crippen LogP contribution in [0.5, 0.6) is 0 Å². The van der Waals surface area contributed by atoms with Gasteiger partial charge in [0.05, 0.1) is 5.92 Å². The molecular formula is C14H22N2O3. The molecular weight excluding hydrogens is 244 g/mol. The maximum Gasteiger partial charge on any atom is 0.308 e. The van der Waals surface area contributed by atoms with Crippen molar-refractivity contribution in [2.24, 2.45) is 18.4 Å². The number of aliphatic carboxylic acids is 1. The zero-order valence-electron chi connectivity index (χ0n) is 11.9. The molecule has 0 spiro atoms. The predicted octanol–water partition coefficient (Wildman–Crippen LogP) is 1.89. The molecule has 0 aliphatic heterocycles. The molecule has 19 heavy (non-hydrogen) atoms. The molecule has 1 unspecified atom stereocenters. The molecule has 5 nitrogen and oxygen atoms in total. The van der Waals surface area contributed by atoms with Gasteiger partial charge in [-0.15, -0.1) is 0 Å². The highest BCUT2D eigenvalue weighted by atomic mass is 16.4. The van der Waals surface area contributed by atoms with Crippen LogP contribution in [0.2, 0.25) is 0 Å². The van der Waals surface area contributed by atoms with Crippen LogP contribution in [0.3, 0.4) is 0 Å². The monoisotopic (exact) mass is 266 g/mol. The minimum Gasteiger partial charge on any atom is -0.481 e. The summed E-state index contributed by atoms with van der Waals surface area (Å²) in [6.45, 7) is 6.11. The standard InChI is InChI=1S/C14H22N2O3/c1-14(2,3)8-10(13(18)19)9-15-12(17)11-6-5-7-16(11)4/h5-7,10H,8-9H2,1-4H3,(H,15,17)(H,18,19). The van der Waals surface area contributed by atoms with E-state index in [0.717, 1.165) is 0 Å². The third-order valence-electron chi connectivity index (χ3n) is 2.89. The number of carbonyl (C=O) groups excluding carboxylic acids is 1. The molecule has 0 bridgehead atoms. The zero-order valence-corrected chi connectivity index (χ0v) is 11.9. The number of nitrogens with zero attached hydrogens (tertiary/aromatic N) is 1. The molecule has 1 rings (SSSR count). The van der Waals surface area contributed by atoms with Crippen LogP contribution in [-0.4, -0.2) is 28.1 Å². The van der Waals surface area contributed by atoms with Crippen molar-refractivity contribution in [3.8, 4) is 0 Å². The van der Waals surface area contributed by atoms with Crippen LogP contribution in [0.15, 0.2) is 18.3 Å². The first-order chi connectivity index (χ1) is 8.70. The van der Waals surface area contributed by atoms with Gasteiger partial charge in [-0.05, 0) is 24.0 Å². The summed E-state index contributed by atoms with van der Waals surface area (Å²) in [5.74, 6) is -1.68. The Hall–Kier alpha value is -1.78. The fourth-order valence-corrected chi connectivity index (χ4v) is 1.99. The van der Waals surface area contributed by atoms with Crippen molar-refractivity contribution in [3.05, 3.63) is 24.0 Å². The van der Waals surface area contributed by atoms with Gasteiger partial charge in [-0.1, -0.05) is 20.8 Å². The minimum absolute atomic E-state index is 0.0846. The lowest BCUT2D eigenvalue weighted by Gasteiger charge is -2.23. The van der Waals surface area contributed by atoms with E-state index in [1.54, 1.807) is 29.9 Å². The maximum atomic E-state index is 11.9. The molecule has 0 aliphatic carbocycles. The number of amides is 1. The Morgan fingerprint density at radius 2 is 2.05 bits per heavy atom. The van der Waals surface area contributed by atoms with Gasteiger partial charge in [-0.3, -0.25) is 9.59 Å². The predicted molar refractivity (Wildman–Crippen MR) is 72.9 cm³/mol. The Morgan fingerprint density at radius 1 is 1.42 bits per heavy atom. The van der Waals surface area contributed by atoms with E-state index >= 15 is 0 Å². The average Bonchev–Trinajstić information content (AvgIpc) is 2.68. The van der Waals surface area contributed by atoms with Gasteiger partial charge in [-0.2, -0.15) is 0 Å². The van der Waals surface area contributed by atoms with Crippen LogP contribution in [0, 0.1) is 11.3 Å². The van der Waals surface area contributed by atoms with E-state index < -0.39 is 11.9 Å². The highest BCUT2D eigenvalue weighted by Gasteiger charge is 2.25. The van der Waals surface area contributed by atoms with E-state index in [1.807, 2.05) is 20.8 Å². The summed E-state index contributed by atoms with van der Waals surface area (Å²) >= 11 is 0. The van der Waals surface area contributed by atoms with Gasteiger partial charge in [0.2, 0.25) is 0 Å². The lowest BCUT2D eigenvalue weighted by atomic mass is 9.84. The summed E-state index contributed by atoms with van der Waals surface area (Å²) in [6, 6.07) is 3.48. The first kappa shape index (κ1) is 15.3. The van der Waals surface area contributed by atoms with Crippen molar-refractivity contribution < 1.29 is 14.7 Å². The topological polar surface area (TPSA) is 71.3 Å². The van der Waals surface area contributed by atoms with Gasteiger partial charge in [0.15, 0.2) is 0 Å². The lowest BCUT2D eigenvalue weighted by Crippen LogP contribution is -2.35. The smallest absolute Gasteiger partial charge is 0.308 e. The first-order valence-electron chi connectivity index (χ1n) is 6.33. The highest BCUT2D eigenvalue weighted by molar-refractivity contribution is 5.92. The molecule has 1 amide bonds. The van der Waals surface area contributed by atoms with Crippen LogP contribution < -0.4 is 5.32 Å². The van der Waals surface area contributed by atoms with Gasteiger partial charge >= 0.3 is 5.97 Å². The molecule has 2 N–H and O–H groups in total. The largest absolute Gasteiger partial charge is 0.481 e. The van der Waals surface area contributed by atoms with Crippen LogP contribution in [0.1, 0.15) is 37.7 Å². The number of nitrogens with one attached hydrogen (secondary N) is 1. The van der Waals surface area contributed by atoms with Crippen LogP contribution in [0.4, 0.5) is 0 Å². The summed E-state index contributed by atoms with van der Waals surface area (Å²) in [6.07, 6.45) is 2.30. The number of aromatic nitrogens is 1. The third kappa shape index (κ3) is 4.77. The number of aryl methyl sites for hydroxylation is 1. The summed E-state index contributed by atoms with van der Waals surface area (Å²) in [5, 5.41) is 11.9. The van der Waals surface area contributed by atoms with E-state index in [2.05, 4.69) is 5.32 Å². The number of carboxylic acid groups (broad SMARTS) is 1. The van der Waals surface area contributed by atoms with Crippen LogP contribution in [-0.2, 0) is 11.8 Å². The quantitative estimate of drug-likeness (QED) is 0.855. The second-order valence-corrected chi connectivity index (χ2v) is 6.01. The molecule has 0 radical (unpaired) electrons. The number of carboxylic acids is 1. The van der Waals surface area contributed by atoms with Gasteiger partial charge in [0.1, 0.15) is 5.69 Å². The second-order valence-electron chi connectivity index (χ2n) is 6.01. The van der Waals surface area contributed by atoms with Gasteiger partial charge in [0.25, 0.3) is 5.91 Å². The Morgan fingerprint density at radius 3 is 2.47 bits per heavy atom. The summed E-state index contributed by atoms with van der Waals surface area (Å²) < 4.78 is 1.70. The first-order valence-corrected chi connectivity index (χ1v) is 6.33. The average molecular weight is 266 g/mol. The van der Waals surface area contributed by atoms with Crippen molar-refractivity contribution >= 4 is 11.9 Å². The van der Waals surface area contributed by atoms with Crippen molar-refractivity contribution in [1.82, 2.24) is 9.88 Å². The SMILES string of the molecule is Cn1cccc1C(=O)NCC(CC(C)(C)C)C(=O)O. The molecule has 1 aromatic heterocycles. The fourth-order valence-electron chi connectivity index (χ4n) is 1.99. The van der Waals surface area contributed by atoms with Crippen molar-refractivity contribution in [1.29, 1.82) is 0 Å². The second kappa shape index (κ2) is 5.91. The van der Waals surface area contributed by atoms with Crippen molar-refractivity contribution in [3.63, 3.8) is 0 Å². The number of carbonyl (C=O) groups is 2. The van der Waals surface area contributed by atoms with Crippen LogP contribution in [0.25, 0.3) is 0 Å². The van der Waals surface area contributed by atoms with E-state index in [9.17, 15) is 14.7 Å². The number of rotatable bonds is 5. The van der Waals surface area contributed by atoms with Gasteiger partial charge < -0.3 is 15.0 Å². The molecule has 0 saturated heterocycles. The Labute approximate surface area is 113 Å². The summed E-state index contributed by atoms with van der Waals surface area (Å²) in [4.78, 5) is 23.1. The molecule has 106 valence electrons. The highest BCUT2D eigenvalue weighted by Crippen LogP contribution is 2.24. The molecule has 0 aliphatic rings. The Bertz CT molecular complexity index is 458. The Balaban J connectivity index is 2.60. The minimum atomic E-state index is -0.873. The van der Waals surface area contributed by atoms with Crippen molar-refractivity contribution in [2.75, 3.05) is 6.54 Å². The van der Waals surface area contributed by atoms with E-state index in [0.29, 0.717) is 12.1 Å². The summed E-state index contributed by atoms with van der Waals surface area (Å²) in [5.41, 5.74) is 0.443. The molecule has 0 fully saturated rings. The lowest BCUT2D eigenvalue weighted by molar-refractivity contribution is -0.142. The molecule has 5 heteroatoms. The zero-order chi connectivity index (χ0) is 14.6. The van der Waals surface area contributed by atoms with E-state index in [4.69, 9.17) is 0 Å². The fraction of sp³-hybridized carbons (Fsp3) is 0.571. The molecule has 1 aromatic rings. The molecule has 0 aromatic carbocycles. The van der Waals surface area contributed by atoms with E-state index in [1.165, 1.54) is 0 Å².